The fourth-order valence-corrected chi connectivity index (χ4v) is 2.48. The Morgan fingerprint density at radius 3 is 2.18 bits per heavy atom. The Hall–Kier alpha value is -0.970. The minimum Gasteiger partial charge on any atom is -0.462 e. The molecule has 1 atom stereocenters. The van der Waals surface area contributed by atoms with E-state index in [1.165, 1.54) is 0 Å². The van der Waals surface area contributed by atoms with Crippen LogP contribution >= 0.6 is 23.2 Å². The second kappa shape index (κ2) is 9.93. The number of hydrogen-bond donors (Lipinski definition) is 1. The van der Waals surface area contributed by atoms with Gasteiger partial charge < -0.3 is 15.4 Å². The molecule has 6 heteroatoms. The Kier molecular flexibility index (Phi) is 8.61. The average Bonchev–Trinajstić information content (AvgIpc) is 2.47. The van der Waals surface area contributed by atoms with E-state index in [-0.39, 0.29) is 12.1 Å². The first kappa shape index (κ1) is 19.1. The molecular formula is C16H24Cl2N2O2. The Morgan fingerprint density at radius 2 is 1.73 bits per heavy atom. The van der Waals surface area contributed by atoms with Crippen molar-refractivity contribution in [3.63, 3.8) is 0 Å². The van der Waals surface area contributed by atoms with E-state index in [9.17, 15) is 4.79 Å². The van der Waals surface area contributed by atoms with Gasteiger partial charge in [0.05, 0.1) is 6.10 Å². The number of ether oxygens (including phenoxy) is 1. The molecule has 1 rings (SSSR count). The number of esters is 1. The maximum absolute atomic E-state index is 11.7. The minimum absolute atomic E-state index is 0.152. The van der Waals surface area contributed by atoms with Crippen LogP contribution in [0.1, 0.15) is 19.4 Å². The number of carbonyl (C=O) groups excluding carboxylic acids is 1. The first-order chi connectivity index (χ1) is 10.5. The van der Waals surface area contributed by atoms with E-state index in [0.29, 0.717) is 18.2 Å². The number of anilines is 1. The standard InChI is InChI=1S/C16H24Cl2N2O2/c1-12(2)22-16(21)15(19)11-13-3-5-14(6-4-13)20(9-7-17)10-8-18/h3-6,12,15H,7-11,19H2,1-2H3. The van der Waals surface area contributed by atoms with Crippen molar-refractivity contribution in [1.82, 2.24) is 0 Å². The van der Waals surface area contributed by atoms with Crippen LogP contribution in [0.3, 0.4) is 0 Å². The van der Waals surface area contributed by atoms with Crippen LogP contribution in [-0.4, -0.2) is 43.0 Å². The van der Waals surface area contributed by atoms with Gasteiger partial charge in [-0.1, -0.05) is 12.1 Å². The molecule has 1 unspecified atom stereocenters. The summed E-state index contributed by atoms with van der Waals surface area (Å²) in [5, 5.41) is 0. The Labute approximate surface area is 142 Å². The molecule has 0 saturated heterocycles. The lowest BCUT2D eigenvalue weighted by atomic mass is 10.1. The molecule has 0 radical (unpaired) electrons. The predicted octanol–water partition coefficient (Wildman–Crippen LogP) is 2.79. The average molecular weight is 347 g/mol. The van der Waals surface area contributed by atoms with Crippen LogP contribution in [0.15, 0.2) is 24.3 Å². The first-order valence-electron chi connectivity index (χ1n) is 7.39. The highest BCUT2D eigenvalue weighted by molar-refractivity contribution is 6.18. The monoisotopic (exact) mass is 346 g/mol. The summed E-state index contributed by atoms with van der Waals surface area (Å²) in [6.45, 7) is 5.10. The van der Waals surface area contributed by atoms with Gasteiger partial charge in [-0.2, -0.15) is 0 Å². The Balaban J connectivity index is 2.65. The van der Waals surface area contributed by atoms with Gasteiger partial charge in [0.25, 0.3) is 0 Å². The largest absolute Gasteiger partial charge is 0.462 e. The molecule has 124 valence electrons. The third-order valence-corrected chi connectivity index (χ3v) is 3.46. The summed E-state index contributed by atoms with van der Waals surface area (Å²) in [4.78, 5) is 13.8. The van der Waals surface area contributed by atoms with Crippen molar-refractivity contribution in [2.45, 2.75) is 32.4 Å². The van der Waals surface area contributed by atoms with Crippen molar-refractivity contribution in [3.8, 4) is 0 Å². The van der Waals surface area contributed by atoms with Gasteiger partial charge in [-0.05, 0) is 38.0 Å². The molecule has 0 aliphatic carbocycles. The molecule has 0 aliphatic heterocycles. The van der Waals surface area contributed by atoms with E-state index in [2.05, 4.69) is 4.90 Å². The van der Waals surface area contributed by atoms with E-state index in [1.807, 2.05) is 38.1 Å². The van der Waals surface area contributed by atoms with E-state index < -0.39 is 6.04 Å². The summed E-state index contributed by atoms with van der Waals surface area (Å²) in [5.41, 5.74) is 7.92. The third kappa shape index (κ3) is 6.42. The second-order valence-electron chi connectivity index (χ2n) is 5.33. The molecule has 0 amide bonds. The molecule has 2 N–H and O–H groups in total. The Morgan fingerprint density at radius 1 is 1.18 bits per heavy atom. The first-order valence-corrected chi connectivity index (χ1v) is 8.46. The van der Waals surface area contributed by atoms with E-state index >= 15 is 0 Å². The smallest absolute Gasteiger partial charge is 0.323 e. The van der Waals surface area contributed by atoms with Gasteiger partial charge >= 0.3 is 5.97 Å². The van der Waals surface area contributed by atoms with Gasteiger partial charge in [0.15, 0.2) is 0 Å². The van der Waals surface area contributed by atoms with Crippen molar-refractivity contribution in [3.05, 3.63) is 29.8 Å². The molecule has 0 bridgehead atoms. The van der Waals surface area contributed by atoms with Crippen molar-refractivity contribution >= 4 is 34.9 Å². The van der Waals surface area contributed by atoms with Gasteiger partial charge in [-0.3, -0.25) is 4.79 Å². The number of nitrogens with zero attached hydrogens (tertiary/aromatic N) is 1. The zero-order chi connectivity index (χ0) is 16.5. The molecule has 0 saturated carbocycles. The molecule has 0 aromatic heterocycles. The molecule has 1 aromatic rings. The van der Waals surface area contributed by atoms with Crippen LogP contribution in [0.25, 0.3) is 0 Å². The lowest BCUT2D eigenvalue weighted by molar-refractivity contribution is -0.148. The highest BCUT2D eigenvalue weighted by atomic mass is 35.5. The van der Waals surface area contributed by atoms with Gasteiger partial charge in [-0.25, -0.2) is 0 Å². The SMILES string of the molecule is CC(C)OC(=O)C(N)Cc1ccc(N(CCCl)CCCl)cc1. The molecule has 22 heavy (non-hydrogen) atoms. The van der Waals surface area contributed by atoms with Gasteiger partial charge in [0, 0.05) is 30.5 Å². The van der Waals surface area contributed by atoms with E-state index in [4.69, 9.17) is 33.7 Å². The molecule has 0 heterocycles. The quantitative estimate of drug-likeness (QED) is 0.551. The lowest BCUT2D eigenvalue weighted by Crippen LogP contribution is -2.35. The minimum atomic E-state index is -0.643. The predicted molar refractivity (Wildman–Crippen MR) is 93.0 cm³/mol. The number of carbonyl (C=O) groups is 1. The molecule has 0 aliphatic rings. The van der Waals surface area contributed by atoms with Crippen molar-refractivity contribution < 1.29 is 9.53 Å². The number of rotatable bonds is 9. The summed E-state index contributed by atoms with van der Waals surface area (Å²) < 4.78 is 5.11. The van der Waals surface area contributed by atoms with Gasteiger partial charge in [-0.15, -0.1) is 23.2 Å². The lowest BCUT2D eigenvalue weighted by Gasteiger charge is -2.23. The molecule has 1 aromatic carbocycles. The third-order valence-electron chi connectivity index (χ3n) is 3.12. The number of halogens is 2. The molecule has 0 fully saturated rings. The molecule has 4 nitrogen and oxygen atoms in total. The van der Waals surface area contributed by atoms with Crippen LogP contribution in [0.5, 0.6) is 0 Å². The molecular weight excluding hydrogens is 323 g/mol. The van der Waals surface area contributed by atoms with Gasteiger partial charge in [0.1, 0.15) is 6.04 Å². The van der Waals surface area contributed by atoms with Crippen LogP contribution in [-0.2, 0) is 16.0 Å². The fourth-order valence-electron chi connectivity index (χ4n) is 2.07. The van der Waals surface area contributed by atoms with Crippen molar-refractivity contribution in [2.75, 3.05) is 29.7 Å². The normalized spacial score (nSPS) is 12.3. The van der Waals surface area contributed by atoms with Crippen molar-refractivity contribution in [2.24, 2.45) is 5.73 Å². The fraction of sp³-hybridized carbons (Fsp3) is 0.562. The number of alkyl halides is 2. The Bertz CT molecular complexity index is 446. The van der Waals surface area contributed by atoms with Crippen LogP contribution in [0.2, 0.25) is 0 Å². The van der Waals surface area contributed by atoms with E-state index in [0.717, 1.165) is 24.3 Å². The van der Waals surface area contributed by atoms with Gasteiger partial charge in [0.2, 0.25) is 0 Å². The maximum atomic E-state index is 11.7. The summed E-state index contributed by atoms with van der Waals surface area (Å²) in [7, 11) is 0. The van der Waals surface area contributed by atoms with Crippen LogP contribution < -0.4 is 10.6 Å². The second-order valence-corrected chi connectivity index (χ2v) is 6.08. The zero-order valence-corrected chi connectivity index (χ0v) is 14.6. The topological polar surface area (TPSA) is 55.6 Å². The summed E-state index contributed by atoms with van der Waals surface area (Å²) in [6.07, 6.45) is 0.303. The number of benzene rings is 1. The summed E-state index contributed by atoms with van der Waals surface area (Å²) in [5.74, 6) is 0.722. The maximum Gasteiger partial charge on any atom is 0.323 e. The highest BCUT2D eigenvalue weighted by Gasteiger charge is 2.17. The summed E-state index contributed by atoms with van der Waals surface area (Å²) >= 11 is 11.6. The van der Waals surface area contributed by atoms with E-state index in [1.54, 1.807) is 0 Å². The number of nitrogens with two attached hydrogens (primary N) is 1. The zero-order valence-electron chi connectivity index (χ0n) is 13.1. The molecule has 0 spiro atoms. The van der Waals surface area contributed by atoms with Crippen molar-refractivity contribution in [1.29, 1.82) is 0 Å². The number of hydrogen-bond acceptors (Lipinski definition) is 4. The highest BCUT2D eigenvalue weighted by Crippen LogP contribution is 2.16. The summed E-state index contributed by atoms with van der Waals surface area (Å²) in [6, 6.07) is 7.28. The van der Waals surface area contributed by atoms with Crippen LogP contribution in [0.4, 0.5) is 5.69 Å². The van der Waals surface area contributed by atoms with Crippen LogP contribution in [0, 0.1) is 0 Å².